The van der Waals surface area contributed by atoms with Crippen molar-refractivity contribution in [3.05, 3.63) is 0 Å². The first-order valence-corrected chi connectivity index (χ1v) is 3.92. The van der Waals surface area contributed by atoms with Gasteiger partial charge in [-0.1, -0.05) is 0 Å². The molecule has 0 aliphatic rings. The van der Waals surface area contributed by atoms with Gasteiger partial charge in [0, 0.05) is 0 Å². The van der Waals surface area contributed by atoms with Crippen LogP contribution in [0.3, 0.4) is 0 Å². The van der Waals surface area contributed by atoms with Gasteiger partial charge in [0.2, 0.25) is 5.25 Å². The second-order valence-electron chi connectivity index (χ2n) is 1.96. The molecule has 0 aromatic carbocycles. The van der Waals surface area contributed by atoms with E-state index in [1.807, 2.05) is 0 Å². The minimum atomic E-state index is -6.48. The fourth-order valence-electron chi connectivity index (χ4n) is 0.513. The number of hydrogen-bond acceptors (Lipinski definition) is 3. The molecule has 14 heavy (non-hydrogen) atoms. The minimum absolute atomic E-state index is 0. The fraction of sp³-hybridized carbons (Fsp3) is 1.00. The van der Waals surface area contributed by atoms with Crippen LogP contribution in [0, 0.1) is 0 Å². The Hall–Kier alpha value is 0.0874. The molecule has 0 saturated heterocycles. The monoisotopic (exact) mass is 238 g/mol. The first-order valence-electron chi connectivity index (χ1n) is 2.45. The van der Waals surface area contributed by atoms with Crippen LogP contribution in [-0.2, 0) is 10.1 Å². The third-order valence-electron chi connectivity index (χ3n) is 0.883. The van der Waals surface area contributed by atoms with E-state index in [1.165, 1.54) is 0 Å². The van der Waals surface area contributed by atoms with Crippen LogP contribution in [0.15, 0.2) is 0 Å². The molecular formula is C3HF6LiO3S. The van der Waals surface area contributed by atoms with Gasteiger partial charge >= 0.3 is 31.2 Å². The molecule has 0 unspecified atom stereocenters. The number of alkyl halides is 6. The van der Waals surface area contributed by atoms with E-state index in [2.05, 4.69) is 0 Å². The van der Waals surface area contributed by atoms with Crippen molar-refractivity contribution in [1.29, 1.82) is 0 Å². The van der Waals surface area contributed by atoms with Gasteiger partial charge in [-0.2, -0.15) is 26.3 Å². The number of halogens is 6. The van der Waals surface area contributed by atoms with Crippen LogP contribution in [0.1, 0.15) is 0 Å². The molecule has 0 amide bonds. The Bertz CT molecular complexity index is 264. The summed E-state index contributed by atoms with van der Waals surface area (Å²) < 4.78 is 97.4. The smallest absolute Gasteiger partial charge is 0.747 e. The van der Waals surface area contributed by atoms with Crippen molar-refractivity contribution in [2.45, 2.75) is 17.6 Å². The summed E-state index contributed by atoms with van der Waals surface area (Å²) in [7, 11) is -6.48. The van der Waals surface area contributed by atoms with Crippen molar-refractivity contribution in [2.75, 3.05) is 0 Å². The van der Waals surface area contributed by atoms with E-state index in [-0.39, 0.29) is 18.9 Å². The van der Waals surface area contributed by atoms with E-state index in [0.717, 1.165) is 0 Å². The van der Waals surface area contributed by atoms with E-state index < -0.39 is 27.7 Å². The first kappa shape index (κ1) is 16.5. The van der Waals surface area contributed by atoms with Gasteiger partial charge in [0.05, 0.1) is 0 Å². The summed E-state index contributed by atoms with van der Waals surface area (Å²) in [6, 6.07) is 0. The van der Waals surface area contributed by atoms with E-state index in [0.29, 0.717) is 0 Å². The van der Waals surface area contributed by atoms with E-state index >= 15 is 0 Å². The Labute approximate surface area is 86.4 Å². The number of hydrogen-bond donors (Lipinski definition) is 0. The molecule has 0 saturated carbocycles. The predicted molar refractivity (Wildman–Crippen MR) is 25.6 cm³/mol. The van der Waals surface area contributed by atoms with E-state index in [4.69, 9.17) is 0 Å². The molecule has 0 aliphatic heterocycles. The van der Waals surface area contributed by atoms with Gasteiger partial charge in [-0.15, -0.1) is 0 Å². The van der Waals surface area contributed by atoms with Crippen LogP contribution < -0.4 is 18.9 Å². The fourth-order valence-corrected chi connectivity index (χ4v) is 1.17. The summed E-state index contributed by atoms with van der Waals surface area (Å²) in [5.41, 5.74) is 0. The Kier molecular flexibility index (Phi) is 5.07. The summed E-state index contributed by atoms with van der Waals surface area (Å²) >= 11 is 0. The van der Waals surface area contributed by atoms with Crippen LogP contribution in [0.25, 0.3) is 0 Å². The molecule has 80 valence electrons. The van der Waals surface area contributed by atoms with Crippen LogP contribution in [0.2, 0.25) is 0 Å². The molecule has 0 radical (unpaired) electrons. The topological polar surface area (TPSA) is 57.2 Å². The van der Waals surface area contributed by atoms with Gasteiger partial charge in [0.1, 0.15) is 10.1 Å². The molecule has 0 aromatic rings. The molecular weight excluding hydrogens is 237 g/mol. The predicted octanol–water partition coefficient (Wildman–Crippen LogP) is -1.97. The minimum Gasteiger partial charge on any atom is -0.747 e. The summed E-state index contributed by atoms with van der Waals surface area (Å²) in [5.74, 6) is 0. The van der Waals surface area contributed by atoms with Gasteiger partial charge < -0.3 is 4.55 Å². The maximum Gasteiger partial charge on any atom is 1.00 e. The molecule has 0 heterocycles. The zero-order valence-electron chi connectivity index (χ0n) is 6.48. The van der Waals surface area contributed by atoms with Crippen molar-refractivity contribution >= 4 is 10.1 Å². The van der Waals surface area contributed by atoms with E-state index in [1.54, 1.807) is 0 Å². The molecule has 0 atom stereocenters. The maximum atomic E-state index is 11.4. The van der Waals surface area contributed by atoms with Crippen molar-refractivity contribution in [1.82, 2.24) is 0 Å². The van der Waals surface area contributed by atoms with Crippen molar-refractivity contribution in [3.8, 4) is 0 Å². The van der Waals surface area contributed by atoms with Crippen molar-refractivity contribution in [2.24, 2.45) is 0 Å². The van der Waals surface area contributed by atoms with Crippen LogP contribution in [0.4, 0.5) is 26.3 Å². The SMILES string of the molecule is O=S(=O)([O-])C(C(F)(F)F)C(F)(F)F.[Li+]. The Morgan fingerprint density at radius 3 is 1.14 bits per heavy atom. The van der Waals surface area contributed by atoms with Crippen LogP contribution in [-0.4, -0.2) is 30.6 Å². The summed E-state index contributed by atoms with van der Waals surface area (Å²) in [6.45, 7) is 0. The quantitative estimate of drug-likeness (QED) is 0.302. The van der Waals surface area contributed by atoms with Crippen LogP contribution >= 0.6 is 0 Å². The second kappa shape index (κ2) is 4.30. The zero-order valence-corrected chi connectivity index (χ0v) is 7.29. The molecule has 3 nitrogen and oxygen atoms in total. The van der Waals surface area contributed by atoms with Gasteiger partial charge in [-0.3, -0.25) is 0 Å². The maximum absolute atomic E-state index is 11.4. The average molecular weight is 238 g/mol. The van der Waals surface area contributed by atoms with Gasteiger partial charge in [0.25, 0.3) is 0 Å². The Morgan fingerprint density at radius 1 is 0.929 bits per heavy atom. The third kappa shape index (κ3) is 4.54. The van der Waals surface area contributed by atoms with Gasteiger partial charge in [-0.05, 0) is 0 Å². The normalized spacial score (nSPS) is 14.0. The summed E-state index contributed by atoms with van der Waals surface area (Å²) in [5, 5.41) is -4.85. The van der Waals surface area contributed by atoms with Crippen molar-refractivity contribution < 1.29 is 58.2 Å². The zero-order chi connectivity index (χ0) is 11.1. The molecule has 11 heteroatoms. The van der Waals surface area contributed by atoms with E-state index in [9.17, 15) is 39.3 Å². The molecule has 0 fully saturated rings. The molecule has 0 aromatic heterocycles. The van der Waals surface area contributed by atoms with Crippen molar-refractivity contribution in [3.63, 3.8) is 0 Å². The first-order chi connectivity index (χ1) is 5.37. The van der Waals surface area contributed by atoms with Gasteiger partial charge in [0.15, 0.2) is 0 Å². The molecule has 0 N–H and O–H groups in total. The molecule has 0 spiro atoms. The molecule has 0 aliphatic carbocycles. The average Bonchev–Trinajstić information content (AvgIpc) is 1.44. The standard InChI is InChI=1S/C3H2F6O3S.Li/c4-2(5,6)1(3(7,8)9)13(10,11)12;/h1H,(H,10,11,12);/q;+1/p-1. The largest absolute Gasteiger partial charge is 1.00 e. The second-order valence-corrected chi connectivity index (χ2v) is 3.41. The van der Waals surface area contributed by atoms with Gasteiger partial charge in [-0.25, -0.2) is 8.42 Å². The Morgan fingerprint density at radius 2 is 1.14 bits per heavy atom. The Balaban J connectivity index is 0. The summed E-state index contributed by atoms with van der Waals surface area (Å²) in [6.07, 6.45) is -12.3. The van der Waals surface area contributed by atoms with Crippen LogP contribution in [0.5, 0.6) is 0 Å². The third-order valence-corrected chi connectivity index (χ3v) is 2.00. The molecule has 0 bridgehead atoms. The molecule has 0 rings (SSSR count). The summed E-state index contributed by atoms with van der Waals surface area (Å²) in [4.78, 5) is 0. The number of rotatable bonds is 1.